The predicted molar refractivity (Wildman–Crippen MR) is 307 cm³/mol. The molecule has 2 saturated heterocycles. The fourth-order valence-electron chi connectivity index (χ4n) is 9.54. The number of halogens is 4. The first-order chi connectivity index (χ1) is 36.4. The van der Waals surface area contributed by atoms with Crippen molar-refractivity contribution in [2.75, 3.05) is 74.9 Å². The van der Waals surface area contributed by atoms with E-state index in [9.17, 15) is 34.8 Å². The molecule has 418 valence electrons. The number of sulfonamides is 1. The van der Waals surface area contributed by atoms with Gasteiger partial charge in [-0.15, -0.1) is 11.8 Å². The van der Waals surface area contributed by atoms with Crippen LogP contribution >= 0.6 is 23.4 Å². The van der Waals surface area contributed by atoms with Crippen LogP contribution in [0.1, 0.15) is 75.9 Å². The molecule has 2 heterocycles. The first kappa shape index (κ1) is 60.2. The lowest BCUT2D eigenvalue weighted by Gasteiger charge is -2.44. The molecule has 2 N–H and O–H groups in total. The van der Waals surface area contributed by atoms with Gasteiger partial charge >= 0.3 is 5.51 Å². The summed E-state index contributed by atoms with van der Waals surface area (Å²) in [4.78, 5) is 19.1. The highest BCUT2D eigenvalue weighted by Gasteiger charge is 2.49. The number of nitrogens with zero attached hydrogens (tertiary/aromatic N) is 3. The van der Waals surface area contributed by atoms with Crippen molar-refractivity contribution >= 4 is 68.8 Å². The van der Waals surface area contributed by atoms with Crippen molar-refractivity contribution in [1.29, 1.82) is 0 Å². The number of anilines is 2. The molecule has 5 aromatic rings. The standard InChI is InChI=1S/C57H73ClF3N5O7S3Si/c1-8-64(9-2)38-47-39-65(35-36-72-47)32-31-45(40-74-48-15-11-10-12-16-48)62-52-28-27-49(37-53(52)75(68,69)57(59,60)61)76(70,71)63-55(67)43-21-25-46(26-22-43)66-33-29-42(30-34-66)54(73-77(6,7)56(3,4)5)51-18-14-13-17-50(51)41-19-23-44(58)24-20-41/h10-28,37,42,45,47,54,62H,8-9,29-36,38-40H2,1-7H3,(H,63,67)/t45-,47?,54-/m1/s1. The smallest absolute Gasteiger partial charge is 0.410 e. The van der Waals surface area contributed by atoms with E-state index in [-0.39, 0.29) is 28.7 Å². The summed E-state index contributed by atoms with van der Waals surface area (Å²) in [6, 6.07) is 34.0. The molecule has 1 amide bonds. The number of morpholine rings is 1. The summed E-state index contributed by atoms with van der Waals surface area (Å²) < 4.78 is 113. The normalized spacial score (nSPS) is 17.3. The Kier molecular flexibility index (Phi) is 20.2. The number of hydrogen-bond acceptors (Lipinski definition) is 12. The maximum Gasteiger partial charge on any atom is 0.501 e. The van der Waals surface area contributed by atoms with E-state index < -0.39 is 61.1 Å². The van der Waals surface area contributed by atoms with E-state index in [1.165, 1.54) is 23.9 Å². The maximum absolute atomic E-state index is 14.4. The number of piperidine rings is 1. The number of thioether (sulfide) groups is 1. The Balaban J connectivity index is 1.05. The second-order valence-electron chi connectivity index (χ2n) is 21.3. The molecule has 2 aliphatic heterocycles. The molecule has 2 aliphatic rings. The van der Waals surface area contributed by atoms with Crippen LogP contribution in [0.2, 0.25) is 23.2 Å². The zero-order valence-corrected chi connectivity index (χ0v) is 49.2. The Bertz CT molecular complexity index is 2980. The Morgan fingerprint density at radius 3 is 2.16 bits per heavy atom. The number of amides is 1. The molecule has 3 atom stereocenters. The van der Waals surface area contributed by atoms with Gasteiger partial charge in [-0.3, -0.25) is 9.69 Å². The van der Waals surface area contributed by atoms with Gasteiger partial charge in [0.15, 0.2) is 8.32 Å². The molecule has 20 heteroatoms. The third-order valence-electron chi connectivity index (χ3n) is 15.1. The highest BCUT2D eigenvalue weighted by Crippen LogP contribution is 2.46. The second-order valence-corrected chi connectivity index (χ2v) is 31.2. The van der Waals surface area contributed by atoms with E-state index in [0.717, 1.165) is 71.9 Å². The monoisotopic (exact) mass is 1160 g/mol. The topological polar surface area (TPSA) is 138 Å². The SMILES string of the molecule is CCN(CC)CC1CN(CC[C@H](CSc2ccccc2)Nc2ccc(S(=O)(=O)NC(=O)c3ccc(N4CCC([C@@H](O[Si](C)(C)C(C)(C)C)c5ccccc5-c5ccc(Cl)cc5)CC4)cc3)cc2S(=O)(=O)C(F)(F)F)CCO1. The van der Waals surface area contributed by atoms with Crippen LogP contribution in [-0.2, 0) is 29.0 Å². The van der Waals surface area contributed by atoms with Gasteiger partial charge in [0.2, 0.25) is 0 Å². The number of likely N-dealkylation sites (N-methyl/N-ethyl adjacent to an activating group) is 1. The van der Waals surface area contributed by atoms with E-state index >= 15 is 0 Å². The van der Waals surface area contributed by atoms with Gasteiger partial charge in [0.1, 0.15) is 4.90 Å². The summed E-state index contributed by atoms with van der Waals surface area (Å²) in [6.07, 6.45) is 1.86. The molecule has 0 aliphatic carbocycles. The lowest BCUT2D eigenvalue weighted by atomic mass is 9.84. The molecule has 0 spiro atoms. The van der Waals surface area contributed by atoms with Gasteiger partial charge < -0.3 is 24.3 Å². The predicted octanol–water partition coefficient (Wildman–Crippen LogP) is 12.4. The number of nitrogens with one attached hydrogen (secondary N) is 2. The van der Waals surface area contributed by atoms with Crippen molar-refractivity contribution < 1.29 is 44.0 Å². The van der Waals surface area contributed by atoms with Crippen molar-refractivity contribution in [1.82, 2.24) is 14.5 Å². The summed E-state index contributed by atoms with van der Waals surface area (Å²) in [6.45, 7) is 21.7. The molecule has 77 heavy (non-hydrogen) atoms. The quantitative estimate of drug-likeness (QED) is 0.0504. The number of ether oxygens (including phenoxy) is 1. The number of sulfone groups is 1. The van der Waals surface area contributed by atoms with Crippen molar-refractivity contribution in [3.05, 3.63) is 137 Å². The van der Waals surface area contributed by atoms with Crippen molar-refractivity contribution in [3.63, 3.8) is 0 Å². The van der Waals surface area contributed by atoms with Crippen LogP contribution in [0.25, 0.3) is 11.1 Å². The molecule has 0 radical (unpaired) electrons. The first-order valence-corrected chi connectivity index (χ1v) is 33.5. The molecule has 0 saturated carbocycles. The van der Waals surface area contributed by atoms with Crippen molar-refractivity contribution in [3.8, 4) is 11.1 Å². The van der Waals surface area contributed by atoms with Crippen molar-refractivity contribution in [2.24, 2.45) is 5.92 Å². The molecule has 12 nitrogen and oxygen atoms in total. The number of carbonyl (C=O) groups is 1. The number of benzene rings is 5. The van der Waals surface area contributed by atoms with Crippen LogP contribution in [-0.4, -0.2) is 123 Å². The van der Waals surface area contributed by atoms with E-state index in [0.29, 0.717) is 62.6 Å². The van der Waals surface area contributed by atoms with Gasteiger partial charge in [0.05, 0.1) is 29.4 Å². The Morgan fingerprint density at radius 1 is 0.870 bits per heavy atom. The summed E-state index contributed by atoms with van der Waals surface area (Å²) in [5.74, 6) is -0.496. The van der Waals surface area contributed by atoms with E-state index in [1.54, 1.807) is 12.1 Å². The Hall–Kier alpha value is -4.44. The van der Waals surface area contributed by atoms with Gasteiger partial charge in [-0.25, -0.2) is 21.6 Å². The molecular formula is C57H73ClF3N5O7S3Si. The van der Waals surface area contributed by atoms with Crippen LogP contribution in [0.15, 0.2) is 136 Å². The lowest BCUT2D eigenvalue weighted by molar-refractivity contribution is -0.0436. The molecule has 7 rings (SSSR count). The highest BCUT2D eigenvalue weighted by molar-refractivity contribution is 7.99. The maximum atomic E-state index is 14.4. The Labute approximate surface area is 464 Å². The molecule has 1 unspecified atom stereocenters. The number of rotatable bonds is 22. The largest absolute Gasteiger partial charge is 0.501 e. The minimum absolute atomic E-state index is 0.0197. The molecule has 5 aromatic carbocycles. The molecule has 0 bridgehead atoms. The average molecular weight is 1160 g/mol. The second kappa shape index (κ2) is 25.8. The zero-order valence-electron chi connectivity index (χ0n) is 45.0. The fourth-order valence-corrected chi connectivity index (χ4v) is 14.0. The number of alkyl halides is 3. The third-order valence-corrected chi connectivity index (χ3v) is 23.9. The van der Waals surface area contributed by atoms with Crippen LogP contribution < -0.4 is 14.9 Å². The van der Waals surface area contributed by atoms with Gasteiger partial charge in [0.25, 0.3) is 25.8 Å². The fraction of sp³-hybridized carbons (Fsp3) is 0.456. The van der Waals surface area contributed by atoms with Crippen LogP contribution in [0.4, 0.5) is 24.5 Å². The molecule has 0 aromatic heterocycles. The van der Waals surface area contributed by atoms with Gasteiger partial charge in [-0.05, 0) is 140 Å². The summed E-state index contributed by atoms with van der Waals surface area (Å²) in [5.41, 5.74) is -2.09. The summed E-state index contributed by atoms with van der Waals surface area (Å²) in [7, 11) is -13.3. The summed E-state index contributed by atoms with van der Waals surface area (Å²) in [5, 5.41) is 3.69. The molecule has 2 fully saturated rings. The number of carbonyl (C=O) groups excluding carboxylic acids is 1. The third kappa shape index (κ3) is 15.5. The number of hydrogen-bond donors (Lipinski definition) is 2. The summed E-state index contributed by atoms with van der Waals surface area (Å²) >= 11 is 7.73. The van der Waals surface area contributed by atoms with E-state index in [1.807, 2.05) is 65.4 Å². The van der Waals surface area contributed by atoms with Gasteiger partial charge in [-0.2, -0.15) is 13.2 Å². The van der Waals surface area contributed by atoms with E-state index in [4.69, 9.17) is 20.8 Å². The minimum Gasteiger partial charge on any atom is -0.410 e. The zero-order chi connectivity index (χ0) is 55.8. The minimum atomic E-state index is -6.10. The van der Waals surface area contributed by atoms with Crippen LogP contribution in [0, 0.1) is 5.92 Å². The van der Waals surface area contributed by atoms with Gasteiger partial charge in [-0.1, -0.05) is 101 Å². The van der Waals surface area contributed by atoms with Crippen molar-refractivity contribution in [2.45, 2.75) is 110 Å². The average Bonchev–Trinajstić information content (AvgIpc) is 3.41. The Morgan fingerprint density at radius 2 is 1.52 bits per heavy atom. The lowest BCUT2D eigenvalue weighted by Crippen LogP contribution is -2.48. The highest BCUT2D eigenvalue weighted by atomic mass is 35.5. The first-order valence-electron chi connectivity index (χ1n) is 26.3. The van der Waals surface area contributed by atoms with E-state index in [2.05, 4.69) is 85.9 Å². The van der Waals surface area contributed by atoms with Crippen LogP contribution in [0.5, 0.6) is 0 Å². The van der Waals surface area contributed by atoms with Crippen LogP contribution in [0.3, 0.4) is 0 Å². The molecular weight excluding hydrogens is 1080 g/mol. The van der Waals surface area contributed by atoms with Gasteiger partial charge in [0, 0.05) is 72.2 Å².